The Hall–Kier alpha value is -0.630. The monoisotopic (exact) mass is 330 g/mol. The zero-order chi connectivity index (χ0) is 14.8. The van der Waals surface area contributed by atoms with E-state index in [0.717, 1.165) is 18.6 Å². The van der Waals surface area contributed by atoms with Gasteiger partial charge < -0.3 is 5.73 Å². The maximum absolute atomic E-state index is 12.2. The molecule has 0 bridgehead atoms. The summed E-state index contributed by atoms with van der Waals surface area (Å²) < 4.78 is 27.2. The highest BCUT2D eigenvalue weighted by molar-refractivity contribution is 8.01. The van der Waals surface area contributed by atoms with Crippen molar-refractivity contribution in [3.63, 3.8) is 0 Å². The molecule has 1 aromatic rings. The van der Waals surface area contributed by atoms with Crippen LogP contribution in [-0.4, -0.2) is 30.5 Å². The molecule has 1 aliphatic rings. The molecule has 1 saturated heterocycles. The number of nitrogens with two attached hydrogens (primary N) is 1. The fraction of sp³-hybridized carbons (Fsp3) is 0.462. The Balaban J connectivity index is 2.08. The van der Waals surface area contributed by atoms with E-state index >= 15 is 0 Å². The molecular weight excluding hydrogens is 312 g/mol. The van der Waals surface area contributed by atoms with Crippen molar-refractivity contribution in [2.45, 2.75) is 29.4 Å². The third-order valence-electron chi connectivity index (χ3n) is 3.39. The predicted molar refractivity (Wildman–Crippen MR) is 87.6 cm³/mol. The third kappa shape index (κ3) is 3.72. The van der Waals surface area contributed by atoms with Crippen molar-refractivity contribution in [2.75, 3.05) is 12.3 Å². The first-order valence-corrected chi connectivity index (χ1v) is 9.24. The highest BCUT2D eigenvalue weighted by Crippen LogP contribution is 2.37. The van der Waals surface area contributed by atoms with Crippen LogP contribution < -0.4 is 10.5 Å². The first kappa shape index (κ1) is 15.8. The molecule has 0 aromatic heterocycles. The summed E-state index contributed by atoms with van der Waals surface area (Å²) >= 11 is 6.67. The minimum Gasteiger partial charge on any atom is -0.389 e. The smallest absolute Gasteiger partial charge is 0.240 e. The van der Waals surface area contributed by atoms with Gasteiger partial charge in [0.15, 0.2) is 0 Å². The van der Waals surface area contributed by atoms with Gasteiger partial charge in [0, 0.05) is 16.9 Å². The molecule has 110 valence electrons. The Kier molecular flexibility index (Phi) is 4.73. The van der Waals surface area contributed by atoms with Gasteiger partial charge in [0.1, 0.15) is 4.99 Å². The van der Waals surface area contributed by atoms with Crippen LogP contribution in [0.5, 0.6) is 0 Å². The highest BCUT2D eigenvalue weighted by atomic mass is 32.2. The maximum atomic E-state index is 12.2. The molecule has 7 heteroatoms. The molecule has 2 rings (SSSR count). The van der Waals surface area contributed by atoms with E-state index in [1.807, 2.05) is 11.8 Å². The fourth-order valence-electron chi connectivity index (χ4n) is 2.11. The van der Waals surface area contributed by atoms with Crippen LogP contribution in [0.15, 0.2) is 29.2 Å². The number of rotatable bonds is 5. The minimum absolute atomic E-state index is 0.00579. The van der Waals surface area contributed by atoms with Gasteiger partial charge in [-0.2, -0.15) is 11.8 Å². The van der Waals surface area contributed by atoms with Crippen LogP contribution in [0, 0.1) is 0 Å². The summed E-state index contributed by atoms with van der Waals surface area (Å²) in [5.41, 5.74) is 6.16. The molecule has 1 aromatic carbocycles. The van der Waals surface area contributed by atoms with Gasteiger partial charge in [0.25, 0.3) is 0 Å². The van der Waals surface area contributed by atoms with Crippen LogP contribution in [0.25, 0.3) is 0 Å². The van der Waals surface area contributed by atoms with Crippen LogP contribution in [0.3, 0.4) is 0 Å². The Morgan fingerprint density at radius 3 is 2.60 bits per heavy atom. The molecule has 0 saturated carbocycles. The molecule has 1 heterocycles. The van der Waals surface area contributed by atoms with Crippen molar-refractivity contribution in [1.82, 2.24) is 4.72 Å². The summed E-state index contributed by atoms with van der Waals surface area (Å²) in [6.07, 6.45) is 2.19. The Bertz CT molecular complexity index is 591. The van der Waals surface area contributed by atoms with Crippen LogP contribution in [0.4, 0.5) is 0 Å². The molecule has 1 aliphatic heterocycles. The number of sulfonamides is 1. The zero-order valence-electron chi connectivity index (χ0n) is 11.3. The van der Waals surface area contributed by atoms with Crippen molar-refractivity contribution in [3.8, 4) is 0 Å². The molecule has 1 atom stereocenters. The second kappa shape index (κ2) is 6.01. The maximum Gasteiger partial charge on any atom is 0.240 e. The first-order chi connectivity index (χ1) is 9.32. The summed E-state index contributed by atoms with van der Waals surface area (Å²) in [6.45, 7) is 2.56. The van der Waals surface area contributed by atoms with E-state index in [0.29, 0.717) is 12.1 Å². The van der Waals surface area contributed by atoms with Gasteiger partial charge in [-0.1, -0.05) is 24.4 Å². The number of nitrogens with one attached hydrogen (secondary N) is 1. The Morgan fingerprint density at radius 2 is 2.10 bits per heavy atom. The Morgan fingerprint density at radius 1 is 1.45 bits per heavy atom. The zero-order valence-corrected chi connectivity index (χ0v) is 13.7. The SMILES string of the molecule is CC1(CNS(=O)(=O)c2ccc(C(N)=S)cc2)CCCS1. The quantitative estimate of drug-likeness (QED) is 0.807. The van der Waals surface area contributed by atoms with Gasteiger partial charge >= 0.3 is 0 Å². The summed E-state index contributed by atoms with van der Waals surface area (Å²) in [5.74, 6) is 1.10. The van der Waals surface area contributed by atoms with E-state index in [9.17, 15) is 8.42 Å². The molecule has 20 heavy (non-hydrogen) atoms. The van der Waals surface area contributed by atoms with Gasteiger partial charge in [-0.05, 0) is 37.7 Å². The second-order valence-electron chi connectivity index (χ2n) is 5.12. The molecule has 3 N–H and O–H groups in total. The van der Waals surface area contributed by atoms with Crippen molar-refractivity contribution in [1.29, 1.82) is 0 Å². The van der Waals surface area contributed by atoms with E-state index < -0.39 is 10.0 Å². The molecule has 1 unspecified atom stereocenters. The third-order valence-corrected chi connectivity index (χ3v) is 6.58. The Labute approximate surface area is 129 Å². The van der Waals surface area contributed by atoms with E-state index in [4.69, 9.17) is 18.0 Å². The molecule has 4 nitrogen and oxygen atoms in total. The fourth-order valence-corrected chi connectivity index (χ4v) is 4.75. The lowest BCUT2D eigenvalue weighted by Crippen LogP contribution is -2.36. The molecule has 0 radical (unpaired) electrons. The summed E-state index contributed by atoms with van der Waals surface area (Å²) in [7, 11) is -3.48. The lowest BCUT2D eigenvalue weighted by Gasteiger charge is -2.22. The normalized spacial score (nSPS) is 22.9. The van der Waals surface area contributed by atoms with Gasteiger partial charge in [0.2, 0.25) is 10.0 Å². The number of thiocarbonyl (C=S) groups is 1. The summed E-state index contributed by atoms with van der Waals surface area (Å²) in [5, 5.41) is 0. The standard InChI is InChI=1S/C13H18N2O2S3/c1-13(7-2-8-19-13)9-15-20(16,17)11-5-3-10(4-6-11)12(14)18/h3-6,15H,2,7-9H2,1H3,(H2,14,18). The molecule has 0 aliphatic carbocycles. The van der Waals surface area contributed by atoms with E-state index in [2.05, 4.69) is 11.6 Å². The van der Waals surface area contributed by atoms with Crippen LogP contribution in [0.2, 0.25) is 0 Å². The summed E-state index contributed by atoms with van der Waals surface area (Å²) in [6, 6.07) is 6.31. The minimum atomic E-state index is -3.48. The molecule has 0 spiro atoms. The van der Waals surface area contributed by atoms with Gasteiger partial charge in [-0.15, -0.1) is 0 Å². The van der Waals surface area contributed by atoms with E-state index in [1.165, 1.54) is 12.1 Å². The van der Waals surface area contributed by atoms with Crippen LogP contribution in [0.1, 0.15) is 25.3 Å². The number of thioether (sulfide) groups is 1. The van der Waals surface area contributed by atoms with E-state index in [1.54, 1.807) is 12.1 Å². The largest absolute Gasteiger partial charge is 0.389 e. The highest BCUT2D eigenvalue weighted by Gasteiger charge is 2.31. The number of benzene rings is 1. The summed E-state index contributed by atoms with van der Waals surface area (Å²) in [4.78, 5) is 0.501. The molecular formula is C13H18N2O2S3. The van der Waals surface area contributed by atoms with Crippen LogP contribution in [-0.2, 0) is 10.0 Å². The second-order valence-corrected chi connectivity index (χ2v) is 9.00. The number of hydrogen-bond acceptors (Lipinski definition) is 4. The van der Waals surface area contributed by atoms with Crippen molar-refractivity contribution in [3.05, 3.63) is 29.8 Å². The van der Waals surface area contributed by atoms with E-state index in [-0.39, 0.29) is 14.6 Å². The molecule has 0 amide bonds. The number of hydrogen-bond donors (Lipinski definition) is 2. The lowest BCUT2D eigenvalue weighted by atomic mass is 10.1. The molecule has 1 fully saturated rings. The average Bonchev–Trinajstić information content (AvgIpc) is 2.84. The average molecular weight is 331 g/mol. The van der Waals surface area contributed by atoms with Crippen LogP contribution >= 0.6 is 24.0 Å². The van der Waals surface area contributed by atoms with Crippen molar-refractivity contribution < 1.29 is 8.42 Å². The van der Waals surface area contributed by atoms with Gasteiger partial charge in [-0.3, -0.25) is 0 Å². The van der Waals surface area contributed by atoms with Crippen molar-refractivity contribution in [2.24, 2.45) is 5.73 Å². The predicted octanol–water partition coefficient (Wildman–Crippen LogP) is 1.88. The van der Waals surface area contributed by atoms with Gasteiger partial charge in [0.05, 0.1) is 4.90 Å². The van der Waals surface area contributed by atoms with Crippen molar-refractivity contribution >= 4 is 39.0 Å². The lowest BCUT2D eigenvalue weighted by molar-refractivity contribution is 0.552. The topological polar surface area (TPSA) is 72.2 Å². The van der Waals surface area contributed by atoms with Gasteiger partial charge in [-0.25, -0.2) is 13.1 Å². The first-order valence-electron chi connectivity index (χ1n) is 6.36.